The molecule has 1 aromatic heterocycles. The van der Waals surface area contributed by atoms with Crippen molar-refractivity contribution >= 4 is 63.7 Å². The van der Waals surface area contributed by atoms with Crippen LogP contribution in [0.1, 0.15) is 76.3 Å². The number of aromatic nitrogens is 1. The number of thiocarbonyl (C=S) groups is 1. The number of nitriles is 1. The molecule has 15 nitrogen and oxygen atoms in total. The Balaban J connectivity index is 0.883. The first-order chi connectivity index (χ1) is 32.6. The summed E-state index contributed by atoms with van der Waals surface area (Å²) in [5.41, 5.74) is 1.40. The Labute approximate surface area is 408 Å². The number of aliphatic hydroxyl groups is 1. The van der Waals surface area contributed by atoms with Crippen LogP contribution in [0, 0.1) is 23.7 Å². The highest BCUT2D eigenvalue weighted by Crippen LogP contribution is 2.40. The number of likely N-dealkylation sites (tertiary alicyclic amines) is 1. The van der Waals surface area contributed by atoms with Gasteiger partial charge in [0, 0.05) is 51.4 Å². The summed E-state index contributed by atoms with van der Waals surface area (Å²) in [7, 11) is 0. The maximum Gasteiger partial charge on any atom is 0.417 e. The van der Waals surface area contributed by atoms with Gasteiger partial charge >= 0.3 is 6.18 Å². The van der Waals surface area contributed by atoms with E-state index in [1.807, 2.05) is 52.0 Å². The molecule has 0 spiro atoms. The van der Waals surface area contributed by atoms with Gasteiger partial charge in [-0.05, 0) is 98.4 Å². The molecule has 0 radical (unpaired) electrons. The van der Waals surface area contributed by atoms with Gasteiger partial charge in [-0.25, -0.2) is 4.98 Å². The molecule has 0 aliphatic carbocycles. The molecule has 1 unspecified atom stereocenters. The summed E-state index contributed by atoms with van der Waals surface area (Å²) in [6.45, 7) is 11.8. The van der Waals surface area contributed by atoms with Crippen LogP contribution in [0.4, 0.5) is 24.5 Å². The van der Waals surface area contributed by atoms with E-state index >= 15 is 0 Å². The Kier molecular flexibility index (Phi) is 16.8. The molecule has 368 valence electrons. The van der Waals surface area contributed by atoms with E-state index in [4.69, 9.17) is 26.4 Å². The number of alkyl halides is 3. The highest BCUT2D eigenvalue weighted by Gasteiger charge is 2.51. The number of rotatable bonds is 19. The normalized spacial score (nSPS) is 17.5. The summed E-state index contributed by atoms with van der Waals surface area (Å²) in [5.74, 6) is -1.36. The van der Waals surface area contributed by atoms with Crippen molar-refractivity contribution in [3.05, 3.63) is 94.6 Å². The van der Waals surface area contributed by atoms with Crippen LogP contribution in [0.3, 0.4) is 0 Å². The zero-order valence-corrected chi connectivity index (χ0v) is 40.9. The average Bonchev–Trinajstić information content (AvgIpc) is 3.97. The molecular weight excluding hydrogens is 936 g/mol. The molecule has 6 rings (SSSR count). The van der Waals surface area contributed by atoms with Gasteiger partial charge in [0.1, 0.15) is 30.0 Å². The molecule has 3 N–H and O–H groups in total. The number of amides is 4. The maximum absolute atomic E-state index is 13.9. The molecular formula is C49H56F3N7O8S2. The first kappa shape index (κ1) is 52.4. The van der Waals surface area contributed by atoms with Crippen LogP contribution >= 0.6 is 23.6 Å². The summed E-state index contributed by atoms with van der Waals surface area (Å²) < 4.78 is 58.2. The minimum absolute atomic E-state index is 0.0157. The van der Waals surface area contributed by atoms with Gasteiger partial charge in [0.05, 0.1) is 51.7 Å². The number of halogens is 3. The van der Waals surface area contributed by atoms with Crippen molar-refractivity contribution in [2.24, 2.45) is 5.41 Å². The Hall–Kier alpha value is -5.98. The van der Waals surface area contributed by atoms with Crippen LogP contribution in [0.5, 0.6) is 5.75 Å². The quantitative estimate of drug-likeness (QED) is 0.0651. The molecule has 0 saturated carbocycles. The number of carbonyl (C=O) groups is 4. The highest BCUT2D eigenvalue weighted by molar-refractivity contribution is 7.81. The fraction of sp³-hybridized carbons (Fsp3) is 0.449. The third-order valence-electron chi connectivity index (χ3n) is 11.7. The molecule has 3 heterocycles. The number of carbonyl (C=O) groups excluding carboxylic acids is 4. The standard InChI is InChI=1S/C49H56F3N7O8S2/c1-30-41(69-29-55-30)32-11-9-31(10-12-32)26-54-43(62)39-24-36(60)27-57(39)44(63)42(47(2,3)4)56-40(61)28-66-21-7-19-65-20-8-22-67-37-17-15-34(16-18-37)59-46(68)58(45(64)48(59,5)6)35-14-13-33(25-53)38(23-35)49(50,51)52/h9-18,23,29,36,39,42,60H,7-8,19-22,24,26-28H2,1-6H3,(H,54,62)(H,56,61)/t36-,39+,42?/m1/s1. The van der Waals surface area contributed by atoms with E-state index in [0.717, 1.165) is 38.7 Å². The minimum Gasteiger partial charge on any atom is -0.494 e. The second-order valence-electron chi connectivity index (χ2n) is 18.3. The zero-order chi connectivity index (χ0) is 50.3. The number of hydrogen-bond acceptors (Lipinski definition) is 12. The van der Waals surface area contributed by atoms with Gasteiger partial charge in [-0.2, -0.15) is 18.4 Å². The van der Waals surface area contributed by atoms with Crippen LogP contribution < -0.4 is 25.2 Å². The van der Waals surface area contributed by atoms with E-state index in [-0.39, 0.29) is 43.5 Å². The number of nitrogens with zero attached hydrogens (tertiary/aromatic N) is 5. The van der Waals surface area contributed by atoms with E-state index in [2.05, 4.69) is 15.6 Å². The Morgan fingerprint density at radius 1 is 0.986 bits per heavy atom. The minimum atomic E-state index is -4.81. The zero-order valence-electron chi connectivity index (χ0n) is 39.2. The molecule has 2 fully saturated rings. The monoisotopic (exact) mass is 991 g/mol. The summed E-state index contributed by atoms with van der Waals surface area (Å²) in [6.07, 6.45) is -4.57. The van der Waals surface area contributed by atoms with Crippen LogP contribution in [-0.4, -0.2) is 107 Å². The fourth-order valence-corrected chi connectivity index (χ4v) is 9.35. The second-order valence-corrected chi connectivity index (χ2v) is 19.5. The number of anilines is 2. The first-order valence-electron chi connectivity index (χ1n) is 22.3. The summed E-state index contributed by atoms with van der Waals surface area (Å²) in [5, 5.41) is 25.4. The molecule has 4 aromatic rings. The van der Waals surface area contributed by atoms with Crippen LogP contribution in [0.15, 0.2) is 72.2 Å². The lowest BCUT2D eigenvalue weighted by Gasteiger charge is -2.35. The lowest BCUT2D eigenvalue weighted by Crippen LogP contribution is -2.58. The van der Waals surface area contributed by atoms with E-state index in [0.29, 0.717) is 44.1 Å². The smallest absolute Gasteiger partial charge is 0.417 e. The van der Waals surface area contributed by atoms with Gasteiger partial charge in [-0.1, -0.05) is 45.0 Å². The second kappa shape index (κ2) is 22.2. The van der Waals surface area contributed by atoms with Crippen LogP contribution in [0.2, 0.25) is 0 Å². The van der Waals surface area contributed by atoms with E-state index in [1.54, 1.807) is 65.9 Å². The molecule has 2 aliphatic rings. The fourth-order valence-electron chi connectivity index (χ4n) is 8.01. The van der Waals surface area contributed by atoms with Crippen molar-refractivity contribution < 1.29 is 51.7 Å². The first-order valence-corrected chi connectivity index (χ1v) is 23.6. The summed E-state index contributed by atoms with van der Waals surface area (Å²) >= 11 is 7.17. The summed E-state index contributed by atoms with van der Waals surface area (Å²) in [4.78, 5) is 63.2. The van der Waals surface area contributed by atoms with Gasteiger partial charge in [0.15, 0.2) is 5.11 Å². The molecule has 4 amide bonds. The number of nitrogens with one attached hydrogen (secondary N) is 2. The Bertz CT molecular complexity index is 2540. The van der Waals surface area contributed by atoms with Gasteiger partial charge in [0.2, 0.25) is 17.7 Å². The van der Waals surface area contributed by atoms with Gasteiger partial charge < -0.3 is 39.8 Å². The number of aryl methyl sites for hydroxylation is 1. The van der Waals surface area contributed by atoms with Crippen molar-refractivity contribution in [1.82, 2.24) is 20.5 Å². The van der Waals surface area contributed by atoms with E-state index < -0.39 is 70.1 Å². The SMILES string of the molecule is Cc1ncsc1-c1ccc(CNC(=O)[C@@H]2C[C@@H](O)CN2C(=O)C(NC(=O)COCCCOCCCOc2ccc(N3C(=S)N(c4ccc(C#N)c(C(F)(F)F)c4)C(=O)C3(C)C)cc2)C(C)(C)C)cc1. The highest BCUT2D eigenvalue weighted by atomic mass is 32.1. The molecule has 0 bridgehead atoms. The lowest BCUT2D eigenvalue weighted by molar-refractivity contribution is -0.144. The maximum atomic E-state index is 13.9. The predicted molar refractivity (Wildman–Crippen MR) is 257 cm³/mol. The Morgan fingerprint density at radius 3 is 2.26 bits per heavy atom. The third-order valence-corrected chi connectivity index (χ3v) is 13.0. The molecule has 2 aliphatic heterocycles. The molecule has 69 heavy (non-hydrogen) atoms. The van der Waals surface area contributed by atoms with Crippen molar-refractivity contribution in [2.75, 3.05) is 49.4 Å². The van der Waals surface area contributed by atoms with Gasteiger partial charge in [-0.15, -0.1) is 11.3 Å². The number of β-amino-alcohol motifs (C(OH)–C–C–N with tert-alkyl or cyclic N) is 1. The topological polar surface area (TPSA) is 187 Å². The van der Waals surface area contributed by atoms with Gasteiger partial charge in [-0.3, -0.25) is 24.1 Å². The predicted octanol–water partition coefficient (Wildman–Crippen LogP) is 6.93. The molecule has 2 saturated heterocycles. The van der Waals surface area contributed by atoms with Gasteiger partial charge in [0.25, 0.3) is 5.91 Å². The summed E-state index contributed by atoms with van der Waals surface area (Å²) in [6, 6.07) is 17.3. The molecule has 20 heteroatoms. The van der Waals surface area contributed by atoms with E-state index in [9.17, 15) is 42.7 Å². The van der Waals surface area contributed by atoms with Crippen LogP contribution in [0.25, 0.3) is 10.4 Å². The van der Waals surface area contributed by atoms with Crippen molar-refractivity contribution in [3.8, 4) is 22.3 Å². The van der Waals surface area contributed by atoms with Crippen molar-refractivity contribution in [3.63, 3.8) is 0 Å². The largest absolute Gasteiger partial charge is 0.494 e. The number of thiazole rings is 1. The number of aliphatic hydroxyl groups excluding tert-OH is 1. The Morgan fingerprint density at radius 2 is 1.64 bits per heavy atom. The molecule has 3 aromatic carbocycles. The van der Waals surface area contributed by atoms with E-state index in [1.165, 1.54) is 11.0 Å². The lowest BCUT2D eigenvalue weighted by atomic mass is 9.85. The van der Waals surface area contributed by atoms with Crippen LogP contribution in [-0.2, 0) is 41.4 Å². The van der Waals surface area contributed by atoms with Crippen molar-refractivity contribution in [1.29, 1.82) is 5.26 Å². The average molecular weight is 992 g/mol. The third kappa shape index (κ3) is 12.6. The number of ether oxygens (including phenoxy) is 3. The number of hydrogen-bond donors (Lipinski definition) is 3. The number of benzene rings is 3. The van der Waals surface area contributed by atoms with Crippen molar-refractivity contribution in [2.45, 2.75) is 97.3 Å². The molecule has 3 atom stereocenters.